The van der Waals surface area contributed by atoms with Crippen molar-refractivity contribution in [2.45, 2.75) is 0 Å². The Morgan fingerprint density at radius 3 is 2.43 bits per heavy atom. The molecule has 0 radical (unpaired) electrons. The van der Waals surface area contributed by atoms with Crippen LogP contribution in [-0.2, 0) is 0 Å². The van der Waals surface area contributed by atoms with Crippen LogP contribution in [0.1, 0.15) is 0 Å². The van der Waals surface area contributed by atoms with Crippen molar-refractivity contribution < 1.29 is 13.7 Å². The first-order chi connectivity index (χ1) is 14.5. The van der Waals surface area contributed by atoms with E-state index >= 15 is 0 Å². The van der Waals surface area contributed by atoms with Crippen molar-refractivity contribution in [1.82, 2.24) is 15.0 Å². The highest BCUT2D eigenvalue weighted by Gasteiger charge is 2.30. The van der Waals surface area contributed by atoms with Gasteiger partial charge in [-0.3, -0.25) is 10.1 Å². The lowest BCUT2D eigenvalue weighted by atomic mass is 10.2. The molecule has 2 aromatic heterocycles. The lowest BCUT2D eigenvalue weighted by Crippen LogP contribution is -2.47. The number of nitro groups is 1. The molecule has 30 heavy (non-hydrogen) atoms. The Morgan fingerprint density at radius 1 is 1.00 bits per heavy atom. The molecule has 0 aliphatic carbocycles. The van der Waals surface area contributed by atoms with Gasteiger partial charge in [0.05, 0.1) is 10.6 Å². The first-order valence-corrected chi connectivity index (χ1v) is 9.15. The number of nitrogens with zero attached hydrogens (tertiary/aromatic N) is 6. The van der Waals surface area contributed by atoms with E-state index in [4.69, 9.17) is 0 Å². The van der Waals surface area contributed by atoms with Gasteiger partial charge in [0.2, 0.25) is 11.6 Å². The molecule has 0 bridgehead atoms. The van der Waals surface area contributed by atoms with E-state index in [9.17, 15) is 18.9 Å². The number of benzene rings is 1. The average molecular weight is 413 g/mol. The molecule has 3 heterocycles. The van der Waals surface area contributed by atoms with Crippen molar-refractivity contribution in [3.8, 4) is 0 Å². The maximum Gasteiger partial charge on any atom is 0.353 e. The van der Waals surface area contributed by atoms with Crippen LogP contribution >= 0.6 is 0 Å². The van der Waals surface area contributed by atoms with Crippen LogP contribution in [0.3, 0.4) is 0 Å². The predicted octanol–water partition coefficient (Wildman–Crippen LogP) is 3.13. The Morgan fingerprint density at radius 2 is 1.77 bits per heavy atom. The van der Waals surface area contributed by atoms with Gasteiger partial charge in [-0.2, -0.15) is 0 Å². The standard InChI is InChI=1S/C19H17F2N7O2/c20-13-4-5-15(14(21)11-13)25-18-17(28(29)30)19(24-12-23-18)27-9-7-26(8-10-27)16-3-1-2-6-22-16/h1-6,11-12H,7-10H2,(H,23,24,25). The van der Waals surface area contributed by atoms with Crippen LogP contribution in [0.2, 0.25) is 0 Å². The van der Waals surface area contributed by atoms with Gasteiger partial charge in [-0.05, 0) is 24.3 Å². The van der Waals surface area contributed by atoms with E-state index in [-0.39, 0.29) is 23.0 Å². The SMILES string of the molecule is O=[N+]([O-])c1c(Nc2ccc(F)cc2F)ncnc1N1CCN(c2ccccn2)CC1. The zero-order valence-corrected chi connectivity index (χ0v) is 15.7. The summed E-state index contributed by atoms with van der Waals surface area (Å²) in [4.78, 5) is 27.4. The predicted molar refractivity (Wildman–Crippen MR) is 107 cm³/mol. The van der Waals surface area contributed by atoms with Crippen molar-refractivity contribution in [1.29, 1.82) is 0 Å². The summed E-state index contributed by atoms with van der Waals surface area (Å²) in [5.41, 5.74) is -0.489. The lowest BCUT2D eigenvalue weighted by molar-refractivity contribution is -0.383. The maximum atomic E-state index is 14.0. The number of anilines is 4. The van der Waals surface area contributed by atoms with Crippen molar-refractivity contribution in [2.24, 2.45) is 0 Å². The summed E-state index contributed by atoms with van der Waals surface area (Å²) in [6, 6.07) is 8.53. The molecule has 0 spiro atoms. The minimum absolute atomic E-state index is 0.121. The molecule has 1 N–H and O–H groups in total. The van der Waals surface area contributed by atoms with Gasteiger partial charge in [-0.15, -0.1) is 0 Å². The van der Waals surface area contributed by atoms with Gasteiger partial charge in [0.1, 0.15) is 23.8 Å². The van der Waals surface area contributed by atoms with Crippen LogP contribution in [0.15, 0.2) is 48.9 Å². The second-order valence-electron chi connectivity index (χ2n) is 6.56. The summed E-state index contributed by atoms with van der Waals surface area (Å²) < 4.78 is 27.1. The molecule has 4 rings (SSSR count). The van der Waals surface area contributed by atoms with Gasteiger partial charge in [0, 0.05) is 38.4 Å². The first-order valence-electron chi connectivity index (χ1n) is 9.15. The largest absolute Gasteiger partial charge is 0.353 e. The lowest BCUT2D eigenvalue weighted by Gasteiger charge is -2.35. The summed E-state index contributed by atoms with van der Waals surface area (Å²) in [6.07, 6.45) is 2.89. The molecule has 1 aliphatic heterocycles. The van der Waals surface area contributed by atoms with Gasteiger partial charge < -0.3 is 15.1 Å². The van der Waals surface area contributed by atoms with E-state index in [1.54, 1.807) is 11.1 Å². The van der Waals surface area contributed by atoms with E-state index in [1.165, 1.54) is 6.33 Å². The Hall–Kier alpha value is -3.89. The molecule has 11 heteroatoms. The zero-order chi connectivity index (χ0) is 21.1. The van der Waals surface area contributed by atoms with E-state index in [1.807, 2.05) is 18.2 Å². The van der Waals surface area contributed by atoms with E-state index in [2.05, 4.69) is 25.2 Å². The third-order valence-electron chi connectivity index (χ3n) is 4.72. The molecular weight excluding hydrogens is 396 g/mol. The molecular formula is C19H17F2N7O2. The second kappa shape index (κ2) is 8.23. The monoisotopic (exact) mass is 413 g/mol. The fraction of sp³-hybridized carbons (Fsp3) is 0.211. The van der Waals surface area contributed by atoms with Crippen LogP contribution in [0.25, 0.3) is 0 Å². The quantitative estimate of drug-likeness (QED) is 0.503. The second-order valence-corrected chi connectivity index (χ2v) is 6.56. The van der Waals surface area contributed by atoms with Gasteiger partial charge in [0.25, 0.3) is 0 Å². The van der Waals surface area contributed by atoms with E-state index < -0.39 is 16.6 Å². The van der Waals surface area contributed by atoms with Gasteiger partial charge in [-0.1, -0.05) is 6.07 Å². The summed E-state index contributed by atoms with van der Waals surface area (Å²) in [5, 5.41) is 14.4. The number of hydrogen-bond acceptors (Lipinski definition) is 8. The average Bonchev–Trinajstić information content (AvgIpc) is 2.76. The number of piperazine rings is 1. The smallest absolute Gasteiger partial charge is 0.353 e. The number of aromatic nitrogens is 3. The van der Waals surface area contributed by atoms with Gasteiger partial charge in [-0.25, -0.2) is 23.7 Å². The molecule has 3 aromatic rings. The molecule has 0 unspecified atom stereocenters. The number of hydrogen-bond donors (Lipinski definition) is 1. The topological polar surface area (TPSA) is 100 Å². The molecule has 9 nitrogen and oxygen atoms in total. The summed E-state index contributed by atoms with van der Waals surface area (Å²) in [5.74, 6) is -0.818. The summed E-state index contributed by atoms with van der Waals surface area (Å²) >= 11 is 0. The van der Waals surface area contributed by atoms with Crippen molar-refractivity contribution in [3.63, 3.8) is 0 Å². The Balaban J connectivity index is 1.58. The molecule has 1 saturated heterocycles. The molecule has 1 fully saturated rings. The zero-order valence-electron chi connectivity index (χ0n) is 15.7. The first kappa shape index (κ1) is 19.4. The van der Waals surface area contributed by atoms with Crippen molar-refractivity contribution in [3.05, 3.63) is 70.7 Å². The minimum Gasteiger partial charge on any atom is -0.353 e. The molecule has 1 aromatic carbocycles. The molecule has 0 saturated carbocycles. The highest BCUT2D eigenvalue weighted by molar-refractivity contribution is 5.74. The van der Waals surface area contributed by atoms with Crippen LogP contribution < -0.4 is 15.1 Å². The third-order valence-corrected chi connectivity index (χ3v) is 4.72. The van der Waals surface area contributed by atoms with E-state index in [0.717, 1.165) is 18.0 Å². The van der Waals surface area contributed by atoms with Gasteiger partial charge >= 0.3 is 5.69 Å². The van der Waals surface area contributed by atoms with Crippen LogP contribution in [0.5, 0.6) is 0 Å². The molecule has 0 atom stereocenters. The fourth-order valence-corrected chi connectivity index (χ4v) is 3.27. The highest BCUT2D eigenvalue weighted by atomic mass is 19.1. The van der Waals surface area contributed by atoms with Gasteiger partial charge in [0.15, 0.2) is 0 Å². The molecule has 1 aliphatic rings. The molecule has 0 amide bonds. The van der Waals surface area contributed by atoms with Crippen molar-refractivity contribution in [2.75, 3.05) is 41.3 Å². The number of halogens is 2. The number of pyridine rings is 1. The van der Waals surface area contributed by atoms with Crippen molar-refractivity contribution >= 4 is 28.8 Å². The number of rotatable bonds is 5. The number of nitrogens with one attached hydrogen (secondary N) is 1. The van der Waals surface area contributed by atoms with Crippen LogP contribution in [0, 0.1) is 21.7 Å². The Kier molecular flexibility index (Phi) is 5.33. The van der Waals surface area contributed by atoms with E-state index in [0.29, 0.717) is 32.2 Å². The highest BCUT2D eigenvalue weighted by Crippen LogP contribution is 2.34. The van der Waals surface area contributed by atoms with Crippen LogP contribution in [0.4, 0.5) is 37.6 Å². The Bertz CT molecular complexity index is 1060. The Labute approximate surface area is 170 Å². The van der Waals surface area contributed by atoms with Crippen LogP contribution in [-0.4, -0.2) is 46.1 Å². The summed E-state index contributed by atoms with van der Waals surface area (Å²) in [7, 11) is 0. The normalized spacial score (nSPS) is 13.9. The molecule has 154 valence electrons. The fourth-order valence-electron chi connectivity index (χ4n) is 3.27. The maximum absolute atomic E-state index is 14.0. The third kappa shape index (κ3) is 3.95. The minimum atomic E-state index is -0.881. The summed E-state index contributed by atoms with van der Waals surface area (Å²) in [6.45, 7) is 2.18.